The molecule has 0 spiro atoms. The highest BCUT2D eigenvalue weighted by molar-refractivity contribution is 6.22. The first kappa shape index (κ1) is 15.5. The molecule has 2 aliphatic heterocycles. The molecule has 122 valence electrons. The van der Waals surface area contributed by atoms with Gasteiger partial charge in [0.05, 0.1) is 11.1 Å². The number of rotatable bonds is 1. The average molecular weight is 326 g/mol. The Labute approximate surface area is 129 Å². The smallest absolute Gasteiger partial charge is 0.332 e. The monoisotopic (exact) mass is 326 g/mol. The van der Waals surface area contributed by atoms with Crippen molar-refractivity contribution in [3.63, 3.8) is 0 Å². The molecule has 2 heterocycles. The molecule has 0 unspecified atom stereocenters. The van der Waals surface area contributed by atoms with Gasteiger partial charge in [0, 0.05) is 7.05 Å². The minimum Gasteiger partial charge on any atom is -0.332 e. The summed E-state index contributed by atoms with van der Waals surface area (Å²) in [4.78, 5) is 38.4. The zero-order valence-corrected chi connectivity index (χ0v) is 12.1. The Kier molecular flexibility index (Phi) is 3.42. The van der Waals surface area contributed by atoms with Gasteiger partial charge < -0.3 is 4.90 Å². The summed E-state index contributed by atoms with van der Waals surface area (Å²) in [6.45, 7) is 0. The first-order chi connectivity index (χ1) is 10.7. The van der Waals surface area contributed by atoms with Crippen LogP contribution in [0.2, 0.25) is 0 Å². The lowest BCUT2D eigenvalue weighted by Crippen LogP contribution is -2.59. The summed E-state index contributed by atoms with van der Waals surface area (Å²) in [7, 11) is 1.05. The summed E-state index contributed by atoms with van der Waals surface area (Å²) in [5.41, 5.74) is 0.344. The molecular weight excluding hydrogens is 313 g/mol. The largest absolute Gasteiger partial charge is 0.408 e. The summed E-state index contributed by atoms with van der Waals surface area (Å²) in [6, 6.07) is 3.02. The van der Waals surface area contributed by atoms with Gasteiger partial charge in [-0.2, -0.15) is 13.2 Å². The normalized spacial score (nSPS) is 25.1. The SMILES string of the molecule is CN1C(=O)[C@H](N2C(=O)c3ccccc3C2=O)CC[C@@H]1C(F)(F)F. The summed E-state index contributed by atoms with van der Waals surface area (Å²) >= 11 is 0. The number of carbonyl (C=O) groups excluding carboxylic acids is 3. The molecular formula is C15H13F3N2O3. The maximum Gasteiger partial charge on any atom is 0.408 e. The molecule has 0 saturated carbocycles. The van der Waals surface area contributed by atoms with Gasteiger partial charge in [-0.25, -0.2) is 0 Å². The van der Waals surface area contributed by atoms with Crippen molar-refractivity contribution < 1.29 is 27.6 Å². The molecule has 2 aliphatic rings. The van der Waals surface area contributed by atoms with Crippen LogP contribution in [0.4, 0.5) is 13.2 Å². The third-order valence-electron chi connectivity index (χ3n) is 4.33. The first-order valence-corrected chi connectivity index (χ1v) is 7.03. The van der Waals surface area contributed by atoms with Crippen LogP contribution in [-0.2, 0) is 4.79 Å². The number of fused-ring (bicyclic) bond motifs is 1. The number of hydrogen-bond acceptors (Lipinski definition) is 3. The first-order valence-electron chi connectivity index (χ1n) is 7.03. The molecule has 0 N–H and O–H groups in total. The van der Waals surface area contributed by atoms with Gasteiger partial charge in [-0.3, -0.25) is 19.3 Å². The topological polar surface area (TPSA) is 57.7 Å². The quantitative estimate of drug-likeness (QED) is 0.740. The van der Waals surface area contributed by atoms with Gasteiger partial charge in [0.25, 0.3) is 11.8 Å². The van der Waals surface area contributed by atoms with Crippen LogP contribution in [0.1, 0.15) is 33.6 Å². The number of imide groups is 1. The van der Waals surface area contributed by atoms with Gasteiger partial charge in [-0.05, 0) is 25.0 Å². The Morgan fingerprint density at radius 3 is 2.00 bits per heavy atom. The second kappa shape index (κ2) is 5.07. The van der Waals surface area contributed by atoms with Crippen molar-refractivity contribution in [2.45, 2.75) is 31.1 Å². The minimum atomic E-state index is -4.53. The van der Waals surface area contributed by atoms with E-state index in [2.05, 4.69) is 0 Å². The number of likely N-dealkylation sites (N-methyl/N-ethyl adjacent to an activating group) is 1. The number of likely N-dealkylation sites (tertiary alicyclic amines) is 1. The second-order valence-electron chi connectivity index (χ2n) is 5.63. The van der Waals surface area contributed by atoms with Gasteiger partial charge in [0.2, 0.25) is 5.91 Å². The van der Waals surface area contributed by atoms with E-state index < -0.39 is 36.0 Å². The Morgan fingerprint density at radius 1 is 1.00 bits per heavy atom. The van der Waals surface area contributed by atoms with Gasteiger partial charge in [-0.1, -0.05) is 12.1 Å². The standard InChI is InChI=1S/C15H13F3N2O3/c1-19-11(15(16,17)18)7-6-10(14(19)23)20-12(21)8-4-2-3-5-9(8)13(20)22/h2-5,10-11H,6-7H2,1H3/t10-,11-/m1/s1. The molecule has 8 heteroatoms. The average Bonchev–Trinajstić information content (AvgIpc) is 2.73. The highest BCUT2D eigenvalue weighted by atomic mass is 19.4. The van der Waals surface area contributed by atoms with E-state index in [1.807, 2.05) is 0 Å². The van der Waals surface area contributed by atoms with E-state index in [-0.39, 0.29) is 24.0 Å². The number of piperidine rings is 1. The molecule has 0 aliphatic carbocycles. The van der Waals surface area contributed by atoms with Gasteiger partial charge in [0.15, 0.2) is 0 Å². The highest BCUT2D eigenvalue weighted by Gasteiger charge is 2.52. The Hall–Kier alpha value is -2.38. The number of halogens is 3. The van der Waals surface area contributed by atoms with E-state index in [4.69, 9.17) is 0 Å². The van der Waals surface area contributed by atoms with E-state index in [1.165, 1.54) is 12.1 Å². The van der Waals surface area contributed by atoms with Crippen LogP contribution in [-0.4, -0.2) is 52.8 Å². The molecule has 5 nitrogen and oxygen atoms in total. The van der Waals surface area contributed by atoms with Crippen LogP contribution < -0.4 is 0 Å². The lowest BCUT2D eigenvalue weighted by molar-refractivity contribution is -0.195. The van der Waals surface area contributed by atoms with Crippen molar-refractivity contribution in [1.82, 2.24) is 9.80 Å². The van der Waals surface area contributed by atoms with Crippen molar-refractivity contribution in [3.8, 4) is 0 Å². The van der Waals surface area contributed by atoms with Gasteiger partial charge >= 0.3 is 6.18 Å². The maximum absolute atomic E-state index is 12.9. The molecule has 0 aromatic heterocycles. The Balaban J connectivity index is 1.89. The van der Waals surface area contributed by atoms with E-state index in [9.17, 15) is 27.6 Å². The molecule has 1 aromatic rings. The number of alkyl halides is 3. The second-order valence-corrected chi connectivity index (χ2v) is 5.63. The van der Waals surface area contributed by atoms with Crippen molar-refractivity contribution in [3.05, 3.63) is 35.4 Å². The van der Waals surface area contributed by atoms with Crippen molar-refractivity contribution in [1.29, 1.82) is 0 Å². The minimum absolute atomic E-state index is 0.172. The maximum atomic E-state index is 12.9. The number of amides is 3. The predicted molar refractivity (Wildman–Crippen MR) is 72.6 cm³/mol. The zero-order chi connectivity index (χ0) is 16.9. The molecule has 23 heavy (non-hydrogen) atoms. The van der Waals surface area contributed by atoms with Crippen molar-refractivity contribution >= 4 is 17.7 Å². The number of benzene rings is 1. The zero-order valence-electron chi connectivity index (χ0n) is 12.1. The van der Waals surface area contributed by atoms with Crippen LogP contribution in [0, 0.1) is 0 Å². The van der Waals surface area contributed by atoms with Crippen molar-refractivity contribution in [2.75, 3.05) is 7.05 Å². The fourth-order valence-corrected chi connectivity index (χ4v) is 3.14. The molecule has 0 bridgehead atoms. The highest BCUT2D eigenvalue weighted by Crippen LogP contribution is 2.35. The molecule has 2 atom stereocenters. The fourth-order valence-electron chi connectivity index (χ4n) is 3.14. The number of carbonyl (C=O) groups is 3. The van der Waals surface area contributed by atoms with Crippen LogP contribution in [0.15, 0.2) is 24.3 Å². The van der Waals surface area contributed by atoms with E-state index >= 15 is 0 Å². The molecule has 1 aromatic carbocycles. The molecule has 3 amide bonds. The van der Waals surface area contributed by atoms with Crippen LogP contribution >= 0.6 is 0 Å². The summed E-state index contributed by atoms with van der Waals surface area (Å²) < 4.78 is 38.7. The fraction of sp³-hybridized carbons (Fsp3) is 0.400. The van der Waals surface area contributed by atoms with E-state index in [0.717, 1.165) is 11.9 Å². The van der Waals surface area contributed by atoms with Crippen LogP contribution in [0.5, 0.6) is 0 Å². The summed E-state index contributed by atoms with van der Waals surface area (Å²) in [5, 5.41) is 0. The predicted octanol–water partition coefficient (Wildman–Crippen LogP) is 1.83. The number of nitrogens with zero attached hydrogens (tertiary/aromatic N) is 2. The third-order valence-corrected chi connectivity index (χ3v) is 4.33. The van der Waals surface area contributed by atoms with Gasteiger partial charge in [0.1, 0.15) is 12.1 Å². The molecule has 1 saturated heterocycles. The molecule has 1 fully saturated rings. The van der Waals surface area contributed by atoms with Crippen LogP contribution in [0.25, 0.3) is 0 Å². The lowest BCUT2D eigenvalue weighted by atomic mass is 9.96. The Bertz CT molecular complexity index is 666. The van der Waals surface area contributed by atoms with Crippen LogP contribution in [0.3, 0.4) is 0 Å². The van der Waals surface area contributed by atoms with E-state index in [1.54, 1.807) is 12.1 Å². The summed E-state index contributed by atoms with van der Waals surface area (Å²) in [6.07, 6.45) is -5.07. The third kappa shape index (κ3) is 2.29. The Morgan fingerprint density at radius 2 is 1.52 bits per heavy atom. The van der Waals surface area contributed by atoms with Crippen molar-refractivity contribution in [2.24, 2.45) is 0 Å². The summed E-state index contributed by atoms with van der Waals surface area (Å²) in [5.74, 6) is -2.14. The number of hydrogen-bond donors (Lipinski definition) is 0. The molecule has 0 radical (unpaired) electrons. The van der Waals surface area contributed by atoms with Gasteiger partial charge in [-0.15, -0.1) is 0 Å². The van der Waals surface area contributed by atoms with E-state index in [0.29, 0.717) is 4.90 Å². The molecule has 3 rings (SSSR count). The lowest BCUT2D eigenvalue weighted by Gasteiger charge is -2.39.